The number of amides is 1. The molecular weight excluding hydrogens is 269 g/mol. The molecule has 0 aromatic rings. The van der Waals surface area contributed by atoms with Crippen LogP contribution in [0.3, 0.4) is 0 Å². The van der Waals surface area contributed by atoms with Gasteiger partial charge in [0.05, 0.1) is 4.99 Å². The molecule has 0 atom stereocenters. The highest BCUT2D eigenvalue weighted by molar-refractivity contribution is 7.80. The zero-order valence-corrected chi connectivity index (χ0v) is 11.1. The molecule has 0 unspecified atom stereocenters. The highest BCUT2D eigenvalue weighted by atomic mass is 32.1. The maximum absolute atomic E-state index is 11.8. The van der Waals surface area contributed by atoms with Crippen LogP contribution in [0.25, 0.3) is 0 Å². The Balaban J connectivity index is 4.19. The monoisotopic (exact) mass is 286 g/mol. The maximum atomic E-state index is 11.8. The topological polar surface area (TPSA) is 55.6 Å². The molecule has 106 valence electrons. The first-order valence-electron chi connectivity index (χ1n) is 5.35. The Morgan fingerprint density at radius 3 is 2.39 bits per heavy atom. The smallest absolute Gasteiger partial charge is 0.393 e. The van der Waals surface area contributed by atoms with Gasteiger partial charge in [-0.15, -0.1) is 0 Å². The summed E-state index contributed by atoms with van der Waals surface area (Å²) in [6, 6.07) is -0.152. The van der Waals surface area contributed by atoms with Crippen LogP contribution < -0.4 is 5.73 Å². The van der Waals surface area contributed by atoms with E-state index in [1.807, 2.05) is 0 Å². The van der Waals surface area contributed by atoms with Gasteiger partial charge in [-0.05, 0) is 13.8 Å². The first-order chi connectivity index (χ1) is 8.13. The molecular formula is C10H17F3N2O2S. The summed E-state index contributed by atoms with van der Waals surface area (Å²) in [5.74, 6) is -0.509. The van der Waals surface area contributed by atoms with E-state index in [-0.39, 0.29) is 17.6 Å². The summed E-state index contributed by atoms with van der Waals surface area (Å²) in [4.78, 5) is 13.3. The van der Waals surface area contributed by atoms with Crippen molar-refractivity contribution < 1.29 is 22.7 Å². The van der Waals surface area contributed by atoms with Crippen molar-refractivity contribution in [3.8, 4) is 0 Å². The Kier molecular flexibility index (Phi) is 7.15. The number of ether oxygens (including phenoxy) is 1. The molecule has 0 aromatic carbocycles. The van der Waals surface area contributed by atoms with Gasteiger partial charge >= 0.3 is 6.18 Å². The largest absolute Gasteiger partial charge is 0.411 e. The standard InChI is InChI=1S/C10H17F3N2O2S/c1-7(2)15(4-3-8(14)18)9(16)5-17-6-10(11,12)13/h7H,3-6H2,1-2H3,(H2,14,18). The molecule has 0 aliphatic carbocycles. The fourth-order valence-corrected chi connectivity index (χ4v) is 1.33. The van der Waals surface area contributed by atoms with Crippen molar-refractivity contribution in [3.63, 3.8) is 0 Å². The summed E-state index contributed by atoms with van der Waals surface area (Å²) in [6.07, 6.45) is -4.10. The van der Waals surface area contributed by atoms with E-state index in [0.29, 0.717) is 6.42 Å². The lowest BCUT2D eigenvalue weighted by molar-refractivity contribution is -0.178. The summed E-state index contributed by atoms with van der Waals surface area (Å²) < 4.78 is 39.8. The second kappa shape index (κ2) is 7.52. The van der Waals surface area contributed by atoms with Crippen LogP contribution >= 0.6 is 12.2 Å². The average molecular weight is 286 g/mol. The summed E-state index contributed by atoms with van der Waals surface area (Å²) >= 11 is 4.68. The first-order valence-corrected chi connectivity index (χ1v) is 5.76. The van der Waals surface area contributed by atoms with Gasteiger partial charge < -0.3 is 15.4 Å². The number of carbonyl (C=O) groups excluding carboxylic acids is 1. The van der Waals surface area contributed by atoms with E-state index in [2.05, 4.69) is 17.0 Å². The minimum Gasteiger partial charge on any atom is -0.393 e. The van der Waals surface area contributed by atoms with Gasteiger partial charge in [0.2, 0.25) is 5.91 Å². The molecule has 0 rings (SSSR count). The molecule has 1 amide bonds. The van der Waals surface area contributed by atoms with Crippen molar-refractivity contribution >= 4 is 23.1 Å². The van der Waals surface area contributed by atoms with Gasteiger partial charge in [0.1, 0.15) is 13.2 Å². The molecule has 0 fully saturated rings. The van der Waals surface area contributed by atoms with E-state index in [0.717, 1.165) is 0 Å². The molecule has 0 heterocycles. The second-order valence-electron chi connectivity index (χ2n) is 4.01. The number of halogens is 3. The third-order valence-electron chi connectivity index (χ3n) is 2.03. The predicted octanol–water partition coefficient (Wildman–Crippen LogP) is 1.48. The quantitative estimate of drug-likeness (QED) is 0.720. The van der Waals surface area contributed by atoms with Crippen LogP contribution in [0.15, 0.2) is 0 Å². The molecule has 4 nitrogen and oxygen atoms in total. The minimum absolute atomic E-state index is 0.152. The van der Waals surface area contributed by atoms with E-state index in [9.17, 15) is 18.0 Å². The van der Waals surface area contributed by atoms with Crippen LogP contribution in [0.2, 0.25) is 0 Å². The Bertz CT molecular complexity index is 295. The summed E-state index contributed by atoms with van der Waals surface area (Å²) in [5, 5.41) is 0. The van der Waals surface area contributed by atoms with Crippen molar-refractivity contribution in [1.29, 1.82) is 0 Å². The lowest BCUT2D eigenvalue weighted by Crippen LogP contribution is -2.41. The lowest BCUT2D eigenvalue weighted by Gasteiger charge is -2.26. The molecule has 0 aliphatic rings. The Morgan fingerprint density at radius 1 is 1.44 bits per heavy atom. The summed E-state index contributed by atoms with van der Waals surface area (Å²) in [5.41, 5.74) is 5.31. The van der Waals surface area contributed by atoms with Crippen molar-refractivity contribution in [2.45, 2.75) is 32.5 Å². The average Bonchev–Trinajstić information content (AvgIpc) is 2.14. The highest BCUT2D eigenvalue weighted by Crippen LogP contribution is 2.14. The minimum atomic E-state index is -4.43. The molecule has 0 radical (unpaired) electrons. The zero-order chi connectivity index (χ0) is 14.3. The van der Waals surface area contributed by atoms with Crippen molar-refractivity contribution in [1.82, 2.24) is 4.90 Å². The number of carbonyl (C=O) groups is 1. The highest BCUT2D eigenvalue weighted by Gasteiger charge is 2.28. The van der Waals surface area contributed by atoms with Gasteiger partial charge in [-0.2, -0.15) is 13.2 Å². The molecule has 18 heavy (non-hydrogen) atoms. The van der Waals surface area contributed by atoms with Gasteiger partial charge in [0.25, 0.3) is 0 Å². The molecule has 0 aliphatic heterocycles. The van der Waals surface area contributed by atoms with Crippen LogP contribution in [0.5, 0.6) is 0 Å². The van der Waals surface area contributed by atoms with Gasteiger partial charge in [0.15, 0.2) is 0 Å². The van der Waals surface area contributed by atoms with E-state index in [1.165, 1.54) is 4.90 Å². The van der Waals surface area contributed by atoms with Gasteiger partial charge in [0, 0.05) is 19.0 Å². The van der Waals surface area contributed by atoms with E-state index in [1.54, 1.807) is 13.8 Å². The number of thiocarbonyl (C=S) groups is 1. The second-order valence-corrected chi connectivity index (χ2v) is 4.53. The van der Waals surface area contributed by atoms with Gasteiger partial charge in [-0.1, -0.05) is 12.2 Å². The van der Waals surface area contributed by atoms with Crippen LogP contribution in [0.1, 0.15) is 20.3 Å². The Hall–Kier alpha value is -0.890. The molecule has 0 bridgehead atoms. The van der Waals surface area contributed by atoms with Crippen LogP contribution in [-0.4, -0.2) is 47.8 Å². The molecule has 0 saturated carbocycles. The molecule has 0 spiro atoms. The number of alkyl halides is 3. The number of hydrogen-bond donors (Lipinski definition) is 1. The van der Waals surface area contributed by atoms with E-state index < -0.39 is 25.3 Å². The SMILES string of the molecule is CC(C)N(CCC(N)=S)C(=O)COCC(F)(F)F. The maximum Gasteiger partial charge on any atom is 0.411 e. The Morgan fingerprint density at radius 2 is 2.00 bits per heavy atom. The first kappa shape index (κ1) is 17.1. The van der Waals surface area contributed by atoms with E-state index in [4.69, 9.17) is 5.73 Å². The van der Waals surface area contributed by atoms with Crippen LogP contribution in [0.4, 0.5) is 13.2 Å². The zero-order valence-electron chi connectivity index (χ0n) is 10.3. The van der Waals surface area contributed by atoms with Gasteiger partial charge in [-0.3, -0.25) is 4.79 Å². The summed E-state index contributed by atoms with van der Waals surface area (Å²) in [6.45, 7) is 1.75. The van der Waals surface area contributed by atoms with Crippen LogP contribution in [0, 0.1) is 0 Å². The summed E-state index contributed by atoms with van der Waals surface area (Å²) in [7, 11) is 0. The molecule has 8 heteroatoms. The third kappa shape index (κ3) is 8.24. The fourth-order valence-electron chi connectivity index (χ4n) is 1.24. The van der Waals surface area contributed by atoms with E-state index >= 15 is 0 Å². The number of nitrogens with two attached hydrogens (primary N) is 1. The Labute approximate surface area is 109 Å². The normalized spacial score (nSPS) is 11.7. The molecule has 0 aromatic heterocycles. The van der Waals surface area contributed by atoms with Crippen LogP contribution in [-0.2, 0) is 9.53 Å². The van der Waals surface area contributed by atoms with Crippen molar-refractivity contribution in [3.05, 3.63) is 0 Å². The number of rotatable bonds is 7. The third-order valence-corrected chi connectivity index (χ3v) is 2.24. The lowest BCUT2D eigenvalue weighted by atomic mass is 10.3. The molecule has 0 saturated heterocycles. The van der Waals surface area contributed by atoms with Gasteiger partial charge in [-0.25, -0.2) is 0 Å². The number of nitrogens with zero attached hydrogens (tertiary/aromatic N) is 1. The molecule has 2 N–H and O–H groups in total. The predicted molar refractivity (Wildman–Crippen MR) is 65.1 cm³/mol. The fraction of sp³-hybridized carbons (Fsp3) is 0.800. The van der Waals surface area contributed by atoms with Crippen molar-refractivity contribution in [2.75, 3.05) is 19.8 Å². The van der Waals surface area contributed by atoms with Crippen molar-refractivity contribution in [2.24, 2.45) is 5.73 Å². The number of hydrogen-bond acceptors (Lipinski definition) is 3.